The predicted molar refractivity (Wildman–Crippen MR) is 72.5 cm³/mol. The molecule has 17 heavy (non-hydrogen) atoms. The number of alkyl halides is 1. The molecule has 2 atom stereocenters. The van der Waals surface area contributed by atoms with Gasteiger partial charge in [-0.15, -0.1) is 0 Å². The van der Waals surface area contributed by atoms with Crippen LogP contribution >= 0.6 is 15.9 Å². The maximum atomic E-state index is 11.3. The van der Waals surface area contributed by atoms with Gasteiger partial charge in [0.25, 0.3) is 0 Å². The van der Waals surface area contributed by atoms with Gasteiger partial charge in [-0.2, -0.15) is 0 Å². The summed E-state index contributed by atoms with van der Waals surface area (Å²) in [6.07, 6.45) is 2.56. The fraction of sp³-hybridized carbons (Fsp3) is 0.917. The Kier molecular flexibility index (Phi) is 6.44. The highest BCUT2D eigenvalue weighted by Crippen LogP contribution is 2.17. The van der Waals surface area contributed by atoms with Gasteiger partial charge in [0.2, 0.25) is 0 Å². The molecule has 0 amide bonds. The highest BCUT2D eigenvalue weighted by molar-refractivity contribution is 9.10. The monoisotopic (exact) mass is 306 g/mol. The third kappa shape index (κ3) is 4.56. The molecule has 1 aliphatic rings. The summed E-state index contributed by atoms with van der Waals surface area (Å²) in [5, 5.41) is 0. The molecule has 5 heteroatoms. The van der Waals surface area contributed by atoms with Crippen LogP contribution in [0.25, 0.3) is 0 Å². The lowest BCUT2D eigenvalue weighted by Crippen LogP contribution is -2.41. The van der Waals surface area contributed by atoms with Crippen LogP contribution < -0.4 is 0 Å². The molecule has 0 aromatic rings. The molecule has 0 aromatic heterocycles. The zero-order valence-electron chi connectivity index (χ0n) is 11.0. The van der Waals surface area contributed by atoms with Gasteiger partial charge in [0, 0.05) is 19.1 Å². The molecule has 0 N–H and O–H groups in total. The van der Waals surface area contributed by atoms with Crippen LogP contribution in [0.3, 0.4) is 0 Å². The zero-order valence-corrected chi connectivity index (χ0v) is 12.6. The van der Waals surface area contributed by atoms with E-state index in [4.69, 9.17) is 4.74 Å². The van der Waals surface area contributed by atoms with Crippen molar-refractivity contribution < 1.29 is 9.53 Å². The molecule has 4 nitrogen and oxygen atoms in total. The molecular weight excluding hydrogens is 284 g/mol. The van der Waals surface area contributed by atoms with E-state index >= 15 is 0 Å². The Hall–Kier alpha value is -0.130. The van der Waals surface area contributed by atoms with Crippen molar-refractivity contribution in [3.63, 3.8) is 0 Å². The van der Waals surface area contributed by atoms with Gasteiger partial charge in [-0.25, -0.2) is 0 Å². The van der Waals surface area contributed by atoms with Crippen molar-refractivity contribution in [3.8, 4) is 0 Å². The van der Waals surface area contributed by atoms with Gasteiger partial charge < -0.3 is 9.64 Å². The number of carbonyl (C=O) groups is 1. The van der Waals surface area contributed by atoms with E-state index in [0.29, 0.717) is 12.6 Å². The topological polar surface area (TPSA) is 32.8 Å². The number of likely N-dealkylation sites (tertiary alicyclic amines) is 1. The van der Waals surface area contributed by atoms with Gasteiger partial charge >= 0.3 is 5.97 Å². The van der Waals surface area contributed by atoms with E-state index < -0.39 is 0 Å². The van der Waals surface area contributed by atoms with Crippen LogP contribution in [-0.4, -0.2) is 67.0 Å². The molecule has 0 aliphatic carbocycles. The number of hydrogen-bond donors (Lipinski definition) is 0. The number of ether oxygens (including phenoxy) is 1. The minimum absolute atomic E-state index is 0.199. The van der Waals surface area contributed by atoms with Crippen molar-refractivity contribution in [2.75, 3.05) is 40.3 Å². The second kappa shape index (κ2) is 7.34. The van der Waals surface area contributed by atoms with Crippen molar-refractivity contribution in [3.05, 3.63) is 0 Å². The minimum Gasteiger partial charge on any atom is -0.468 e. The molecule has 1 heterocycles. The first kappa shape index (κ1) is 14.9. The van der Waals surface area contributed by atoms with Crippen LogP contribution in [0.4, 0.5) is 0 Å². The van der Waals surface area contributed by atoms with Crippen molar-refractivity contribution in [2.24, 2.45) is 0 Å². The average Bonchev–Trinajstić information content (AvgIpc) is 2.74. The highest BCUT2D eigenvalue weighted by atomic mass is 79.9. The predicted octanol–water partition coefficient (Wildman–Crippen LogP) is 1.34. The molecule has 0 radical (unpaired) electrons. The average molecular weight is 307 g/mol. The van der Waals surface area contributed by atoms with E-state index in [0.717, 1.165) is 13.1 Å². The van der Waals surface area contributed by atoms with Gasteiger partial charge in [0.05, 0.1) is 7.11 Å². The largest absolute Gasteiger partial charge is 0.468 e. The van der Waals surface area contributed by atoms with Crippen LogP contribution in [-0.2, 0) is 9.53 Å². The summed E-state index contributed by atoms with van der Waals surface area (Å²) in [5.41, 5.74) is 0. The smallest absolute Gasteiger partial charge is 0.320 e. The maximum Gasteiger partial charge on any atom is 0.320 e. The normalized spacial score (nSPS) is 23.0. The molecular formula is C12H23BrN2O2. The van der Waals surface area contributed by atoms with Crippen molar-refractivity contribution >= 4 is 21.9 Å². The fourth-order valence-electron chi connectivity index (χ4n) is 2.43. The lowest BCUT2D eigenvalue weighted by molar-refractivity contribution is -0.140. The SMILES string of the molecule is CCN1CCCC1CN(C)CC(Br)C(=O)OC. The van der Waals surface area contributed by atoms with Crippen LogP contribution in [0, 0.1) is 0 Å². The Labute approximate surface area is 112 Å². The Morgan fingerprint density at radius 1 is 1.65 bits per heavy atom. The summed E-state index contributed by atoms with van der Waals surface area (Å²) in [6.45, 7) is 6.25. The quantitative estimate of drug-likeness (QED) is 0.548. The maximum absolute atomic E-state index is 11.3. The van der Waals surface area contributed by atoms with Crippen LogP contribution in [0.5, 0.6) is 0 Å². The number of hydrogen-bond acceptors (Lipinski definition) is 4. The third-order valence-electron chi connectivity index (χ3n) is 3.36. The molecule has 1 aliphatic heterocycles. The van der Waals surface area contributed by atoms with E-state index in [1.54, 1.807) is 0 Å². The molecule has 100 valence electrons. The van der Waals surface area contributed by atoms with Gasteiger partial charge in [-0.1, -0.05) is 22.9 Å². The second-order valence-corrected chi connectivity index (χ2v) is 5.74. The van der Waals surface area contributed by atoms with E-state index in [1.165, 1.54) is 26.5 Å². The Balaban J connectivity index is 2.33. The highest BCUT2D eigenvalue weighted by Gasteiger charge is 2.25. The van der Waals surface area contributed by atoms with E-state index in [-0.39, 0.29) is 10.8 Å². The van der Waals surface area contributed by atoms with Crippen LogP contribution in [0.2, 0.25) is 0 Å². The lowest BCUT2D eigenvalue weighted by atomic mass is 10.2. The number of carbonyl (C=O) groups excluding carboxylic acids is 1. The molecule has 0 spiro atoms. The molecule has 2 unspecified atom stereocenters. The Morgan fingerprint density at radius 2 is 2.35 bits per heavy atom. The van der Waals surface area contributed by atoms with Crippen LogP contribution in [0.15, 0.2) is 0 Å². The number of esters is 1. The van der Waals surface area contributed by atoms with Gasteiger partial charge in [-0.05, 0) is 33.0 Å². The number of methoxy groups -OCH3 is 1. The first-order valence-electron chi connectivity index (χ1n) is 6.23. The number of halogens is 1. The lowest BCUT2D eigenvalue weighted by Gasteiger charge is -2.28. The van der Waals surface area contributed by atoms with Crippen LogP contribution in [0.1, 0.15) is 19.8 Å². The van der Waals surface area contributed by atoms with Gasteiger partial charge in [0.1, 0.15) is 4.83 Å². The van der Waals surface area contributed by atoms with E-state index in [1.807, 2.05) is 0 Å². The van der Waals surface area contributed by atoms with Gasteiger partial charge in [0.15, 0.2) is 0 Å². The molecule has 0 aromatic carbocycles. The summed E-state index contributed by atoms with van der Waals surface area (Å²) in [7, 11) is 3.48. The number of likely N-dealkylation sites (N-methyl/N-ethyl adjacent to an activating group) is 2. The summed E-state index contributed by atoms with van der Waals surface area (Å²) in [6, 6.07) is 0.641. The summed E-state index contributed by atoms with van der Waals surface area (Å²) < 4.78 is 4.70. The van der Waals surface area contributed by atoms with Gasteiger partial charge in [-0.3, -0.25) is 9.69 Å². The molecule has 0 bridgehead atoms. The molecule has 1 saturated heterocycles. The van der Waals surface area contributed by atoms with Crippen molar-refractivity contribution in [1.29, 1.82) is 0 Å². The first-order chi connectivity index (χ1) is 8.08. The summed E-state index contributed by atoms with van der Waals surface area (Å²) in [4.78, 5) is 15.8. The Morgan fingerprint density at radius 3 is 2.94 bits per heavy atom. The standard InChI is InChI=1S/C12H23BrN2O2/c1-4-15-7-5-6-10(15)8-14(2)9-11(13)12(16)17-3/h10-11H,4-9H2,1-3H3. The summed E-state index contributed by atoms with van der Waals surface area (Å²) >= 11 is 3.36. The molecule has 1 fully saturated rings. The van der Waals surface area contributed by atoms with E-state index in [9.17, 15) is 4.79 Å². The van der Waals surface area contributed by atoms with Crippen molar-refractivity contribution in [1.82, 2.24) is 9.80 Å². The number of rotatable bonds is 6. The van der Waals surface area contributed by atoms with E-state index in [2.05, 4.69) is 39.7 Å². The zero-order chi connectivity index (χ0) is 12.8. The Bertz CT molecular complexity index is 251. The fourth-order valence-corrected chi connectivity index (χ4v) is 3.11. The first-order valence-corrected chi connectivity index (χ1v) is 7.14. The minimum atomic E-state index is -0.228. The second-order valence-electron chi connectivity index (χ2n) is 4.64. The summed E-state index contributed by atoms with van der Waals surface area (Å²) in [5.74, 6) is -0.199. The number of nitrogens with zero attached hydrogens (tertiary/aromatic N) is 2. The van der Waals surface area contributed by atoms with Crippen molar-refractivity contribution in [2.45, 2.75) is 30.6 Å². The molecule has 0 saturated carbocycles. The molecule has 1 rings (SSSR count). The third-order valence-corrected chi connectivity index (χ3v) is 4.02.